The second kappa shape index (κ2) is 7.66. The number of ether oxygens (including phenoxy) is 1. The maximum absolute atomic E-state index is 13.0. The van der Waals surface area contributed by atoms with Crippen LogP contribution in [0.4, 0.5) is 4.39 Å². The molecule has 1 aliphatic rings. The highest BCUT2D eigenvalue weighted by atomic mass is 79.9. The van der Waals surface area contributed by atoms with Crippen LogP contribution in [-0.2, 0) is 4.74 Å². The summed E-state index contributed by atoms with van der Waals surface area (Å²) < 4.78 is 18.9. The molecule has 4 nitrogen and oxygen atoms in total. The molecule has 2 N–H and O–H groups in total. The van der Waals surface area contributed by atoms with E-state index in [4.69, 9.17) is 17.0 Å². The van der Waals surface area contributed by atoms with Gasteiger partial charge in [-0.25, -0.2) is 4.39 Å². The zero-order chi connectivity index (χ0) is 14.4. The summed E-state index contributed by atoms with van der Waals surface area (Å²) in [7, 11) is 0. The van der Waals surface area contributed by atoms with E-state index in [1.165, 1.54) is 6.07 Å². The van der Waals surface area contributed by atoms with Crippen molar-refractivity contribution in [2.45, 2.75) is 18.9 Å². The Kier molecular flexibility index (Phi) is 5.87. The van der Waals surface area contributed by atoms with Crippen LogP contribution in [0.2, 0.25) is 0 Å². The lowest BCUT2D eigenvalue weighted by atomic mass is 10.2. The number of hydrazone groups is 1. The summed E-state index contributed by atoms with van der Waals surface area (Å²) in [5.74, 6) is -0.302. The van der Waals surface area contributed by atoms with E-state index >= 15 is 0 Å². The largest absolute Gasteiger partial charge is 0.376 e. The molecular formula is C13H15BrFN3OS. The van der Waals surface area contributed by atoms with E-state index in [9.17, 15) is 4.39 Å². The quantitative estimate of drug-likeness (QED) is 0.492. The first-order chi connectivity index (χ1) is 9.65. The molecule has 0 unspecified atom stereocenters. The van der Waals surface area contributed by atoms with Gasteiger partial charge in [0.15, 0.2) is 5.11 Å². The predicted molar refractivity (Wildman–Crippen MR) is 84.4 cm³/mol. The highest BCUT2D eigenvalue weighted by molar-refractivity contribution is 9.10. The predicted octanol–water partition coefficient (Wildman–Crippen LogP) is 2.57. The number of thiocarbonyl (C=S) groups is 1. The Morgan fingerprint density at radius 2 is 2.45 bits per heavy atom. The van der Waals surface area contributed by atoms with Crippen LogP contribution >= 0.6 is 28.1 Å². The van der Waals surface area contributed by atoms with Crippen molar-refractivity contribution >= 4 is 39.5 Å². The smallest absolute Gasteiger partial charge is 0.187 e. The third-order valence-electron chi connectivity index (χ3n) is 2.84. The number of hydrogen-bond acceptors (Lipinski definition) is 3. The van der Waals surface area contributed by atoms with Crippen molar-refractivity contribution < 1.29 is 9.13 Å². The molecular weight excluding hydrogens is 345 g/mol. The second-order valence-corrected chi connectivity index (χ2v) is 5.65. The van der Waals surface area contributed by atoms with Crippen LogP contribution in [0.25, 0.3) is 0 Å². The fourth-order valence-corrected chi connectivity index (χ4v) is 2.34. The third-order valence-corrected chi connectivity index (χ3v) is 3.68. The summed E-state index contributed by atoms with van der Waals surface area (Å²) in [4.78, 5) is 0. The van der Waals surface area contributed by atoms with E-state index in [0.29, 0.717) is 16.1 Å². The molecule has 0 saturated carbocycles. The van der Waals surface area contributed by atoms with Gasteiger partial charge in [-0.15, -0.1) is 0 Å². The average Bonchev–Trinajstić information content (AvgIpc) is 2.94. The molecule has 1 aromatic rings. The van der Waals surface area contributed by atoms with Gasteiger partial charge in [-0.05, 0) is 58.7 Å². The van der Waals surface area contributed by atoms with Gasteiger partial charge in [0.1, 0.15) is 5.82 Å². The van der Waals surface area contributed by atoms with Crippen molar-refractivity contribution in [3.8, 4) is 0 Å². The van der Waals surface area contributed by atoms with Crippen LogP contribution < -0.4 is 10.7 Å². The number of nitrogens with one attached hydrogen (secondary N) is 2. The lowest BCUT2D eigenvalue weighted by molar-refractivity contribution is 0.114. The Hall–Kier alpha value is -1.05. The number of rotatable bonds is 4. The maximum Gasteiger partial charge on any atom is 0.187 e. The van der Waals surface area contributed by atoms with Crippen molar-refractivity contribution in [2.75, 3.05) is 13.2 Å². The molecule has 0 aliphatic carbocycles. The van der Waals surface area contributed by atoms with Crippen molar-refractivity contribution in [2.24, 2.45) is 5.10 Å². The molecule has 0 radical (unpaired) electrons. The van der Waals surface area contributed by atoms with Crippen LogP contribution in [0.15, 0.2) is 27.8 Å². The van der Waals surface area contributed by atoms with E-state index in [1.54, 1.807) is 18.3 Å². The first-order valence-electron chi connectivity index (χ1n) is 6.29. The third kappa shape index (κ3) is 4.81. The first kappa shape index (κ1) is 15.3. The van der Waals surface area contributed by atoms with E-state index in [2.05, 4.69) is 31.8 Å². The number of hydrogen-bond donors (Lipinski definition) is 2. The van der Waals surface area contributed by atoms with E-state index in [-0.39, 0.29) is 11.9 Å². The molecule has 1 aliphatic heterocycles. The molecule has 108 valence electrons. The fourth-order valence-electron chi connectivity index (χ4n) is 1.81. The molecule has 0 bridgehead atoms. The molecule has 1 saturated heterocycles. The lowest BCUT2D eigenvalue weighted by Crippen LogP contribution is -2.37. The van der Waals surface area contributed by atoms with Gasteiger partial charge in [-0.3, -0.25) is 5.43 Å². The summed E-state index contributed by atoms with van der Waals surface area (Å²) in [6.07, 6.45) is 3.96. The van der Waals surface area contributed by atoms with Crippen LogP contribution in [-0.4, -0.2) is 30.6 Å². The van der Waals surface area contributed by atoms with Gasteiger partial charge < -0.3 is 10.1 Å². The van der Waals surface area contributed by atoms with Crippen LogP contribution in [0.5, 0.6) is 0 Å². The summed E-state index contributed by atoms with van der Waals surface area (Å²) in [5.41, 5.74) is 3.49. The number of nitrogens with zero attached hydrogens (tertiary/aromatic N) is 1. The molecule has 1 fully saturated rings. The summed E-state index contributed by atoms with van der Waals surface area (Å²) in [5, 5.41) is 7.48. The van der Waals surface area contributed by atoms with Gasteiger partial charge in [-0.1, -0.05) is 6.07 Å². The highest BCUT2D eigenvalue weighted by Crippen LogP contribution is 2.15. The number of halogens is 2. The lowest BCUT2D eigenvalue weighted by Gasteiger charge is -2.11. The Morgan fingerprint density at radius 1 is 1.60 bits per heavy atom. The standard InChI is InChI=1S/C13H15BrFN3OS/c14-11-6-9(3-4-12(11)15)7-17-18-13(20)16-8-10-2-1-5-19-10/h3-4,6-7,10H,1-2,5,8H2,(H2,16,18,20)/b17-7-/t10-/m1/s1. The van der Waals surface area contributed by atoms with Crippen LogP contribution in [0.3, 0.4) is 0 Å². The monoisotopic (exact) mass is 359 g/mol. The highest BCUT2D eigenvalue weighted by Gasteiger charge is 2.14. The summed E-state index contributed by atoms with van der Waals surface area (Å²) in [6.45, 7) is 1.51. The van der Waals surface area contributed by atoms with Crippen LogP contribution in [0.1, 0.15) is 18.4 Å². The SMILES string of the molecule is Fc1ccc(/C=N\NC(=S)NC[C@H]2CCCO2)cc1Br. The van der Waals surface area contributed by atoms with Gasteiger partial charge in [0.25, 0.3) is 0 Å². The minimum Gasteiger partial charge on any atom is -0.376 e. The number of benzene rings is 1. The molecule has 20 heavy (non-hydrogen) atoms. The first-order valence-corrected chi connectivity index (χ1v) is 7.49. The van der Waals surface area contributed by atoms with Gasteiger partial charge in [0.2, 0.25) is 0 Å². The molecule has 0 spiro atoms. The zero-order valence-corrected chi connectivity index (χ0v) is 13.1. The summed E-state index contributed by atoms with van der Waals surface area (Å²) >= 11 is 8.21. The molecule has 1 atom stereocenters. The summed E-state index contributed by atoms with van der Waals surface area (Å²) in [6, 6.07) is 4.65. The van der Waals surface area contributed by atoms with Gasteiger partial charge in [-0.2, -0.15) is 5.10 Å². The van der Waals surface area contributed by atoms with E-state index in [1.807, 2.05) is 0 Å². The molecule has 0 aromatic heterocycles. The zero-order valence-electron chi connectivity index (χ0n) is 10.7. The Labute approximate surface area is 130 Å². The van der Waals surface area contributed by atoms with E-state index in [0.717, 1.165) is 25.0 Å². The van der Waals surface area contributed by atoms with Gasteiger partial charge >= 0.3 is 0 Å². The minimum absolute atomic E-state index is 0.229. The van der Waals surface area contributed by atoms with Crippen molar-refractivity contribution in [3.05, 3.63) is 34.1 Å². The molecule has 1 heterocycles. The Balaban J connectivity index is 1.74. The van der Waals surface area contributed by atoms with Crippen LogP contribution in [0, 0.1) is 5.82 Å². The topological polar surface area (TPSA) is 45.7 Å². The van der Waals surface area contributed by atoms with Crippen molar-refractivity contribution in [1.82, 2.24) is 10.7 Å². The van der Waals surface area contributed by atoms with E-state index < -0.39 is 0 Å². The molecule has 7 heteroatoms. The normalized spacial score (nSPS) is 18.4. The Morgan fingerprint density at radius 3 is 3.15 bits per heavy atom. The maximum atomic E-state index is 13.0. The molecule has 0 amide bonds. The second-order valence-electron chi connectivity index (χ2n) is 4.39. The minimum atomic E-state index is -0.302. The molecule has 2 rings (SSSR count). The van der Waals surface area contributed by atoms with Gasteiger partial charge in [0.05, 0.1) is 16.8 Å². The molecule has 1 aromatic carbocycles. The fraction of sp³-hybridized carbons (Fsp3) is 0.385. The Bertz CT molecular complexity index is 506. The van der Waals surface area contributed by atoms with Gasteiger partial charge in [0, 0.05) is 13.2 Å². The van der Waals surface area contributed by atoms with Crippen molar-refractivity contribution in [3.63, 3.8) is 0 Å². The van der Waals surface area contributed by atoms with Crippen molar-refractivity contribution in [1.29, 1.82) is 0 Å². The average molecular weight is 360 g/mol.